The number of hydrogen-bond acceptors (Lipinski definition) is 5. The minimum absolute atomic E-state index is 0.0120. The smallest absolute Gasteiger partial charge is 0.309 e. The van der Waals surface area contributed by atoms with Crippen molar-refractivity contribution in [3.8, 4) is 0 Å². The molecule has 0 fully saturated rings. The van der Waals surface area contributed by atoms with Gasteiger partial charge in [0, 0.05) is 13.0 Å². The lowest BCUT2D eigenvalue weighted by Gasteiger charge is -2.18. The minimum Gasteiger partial charge on any atom is -0.461 e. The molecule has 5 heteroatoms. The van der Waals surface area contributed by atoms with Gasteiger partial charge in [0.1, 0.15) is 6.61 Å². The molecule has 64 heavy (non-hydrogen) atoms. The molecule has 0 rings (SSSR count). The Bertz CT molecular complexity index is 1370. The topological polar surface area (TPSA) is 61.8 Å². The van der Waals surface area contributed by atoms with Crippen LogP contribution in [0, 0.1) is 0 Å². The molecule has 0 aromatic heterocycles. The zero-order valence-electron chi connectivity index (χ0n) is 41.2. The Hall–Kier alpha value is -3.96. The molecule has 1 unspecified atom stereocenters. The summed E-state index contributed by atoms with van der Waals surface area (Å²) in [4.78, 5) is 25.3. The largest absolute Gasteiger partial charge is 0.461 e. The molecule has 1 atom stereocenters. The highest BCUT2D eigenvalue weighted by atomic mass is 16.6. The second-order valence-corrected chi connectivity index (χ2v) is 16.3. The summed E-state index contributed by atoms with van der Waals surface area (Å²) < 4.78 is 17.3. The van der Waals surface area contributed by atoms with Crippen molar-refractivity contribution in [3.05, 3.63) is 134 Å². The van der Waals surface area contributed by atoms with Crippen LogP contribution in [0.2, 0.25) is 0 Å². The predicted molar refractivity (Wildman–Crippen MR) is 278 cm³/mol. The van der Waals surface area contributed by atoms with Gasteiger partial charge in [-0.1, -0.05) is 212 Å². The Morgan fingerprint density at radius 3 is 1.20 bits per heavy atom. The van der Waals surface area contributed by atoms with Crippen LogP contribution >= 0.6 is 0 Å². The Morgan fingerprint density at radius 1 is 0.375 bits per heavy atom. The van der Waals surface area contributed by atoms with Gasteiger partial charge in [0.05, 0.1) is 13.0 Å². The van der Waals surface area contributed by atoms with E-state index in [0.29, 0.717) is 13.0 Å². The van der Waals surface area contributed by atoms with Gasteiger partial charge in [-0.3, -0.25) is 9.59 Å². The number of unbranched alkanes of at least 4 members (excludes halogenated alkanes) is 13. The third kappa shape index (κ3) is 50.7. The zero-order valence-corrected chi connectivity index (χ0v) is 41.2. The fraction of sp³-hybridized carbons (Fsp3) is 0.593. The van der Waals surface area contributed by atoms with Gasteiger partial charge in [-0.15, -0.1) is 0 Å². The standard InChI is InChI=1S/C59H94O5/c1-4-7-10-13-16-19-22-25-27-28-29-30-31-33-36-39-42-45-48-51-54-62-55-57(64-59(61)53-50-47-44-41-38-34-24-21-18-15-12-9-6-3)56-63-58(60)52-49-46-43-40-37-35-32-26-23-20-17-14-11-8-5-2/h7-8,10-12,15-17,19-21,24-27,29-30,32,37,40,46,49,57H,4-6,9,13-14,18,22-23,28,31,33-36,38-39,41-45,47-48,50-56H2,1-3H3/b10-7-,11-8-,15-12-,19-16-,20-17-,24-21-,27-25-,30-29-,32-26-,40-37-,49-46-. The van der Waals surface area contributed by atoms with Crippen molar-refractivity contribution in [1.29, 1.82) is 0 Å². The van der Waals surface area contributed by atoms with E-state index in [-0.39, 0.29) is 31.6 Å². The first-order chi connectivity index (χ1) is 31.6. The lowest BCUT2D eigenvalue weighted by molar-refractivity contribution is -0.162. The van der Waals surface area contributed by atoms with Crippen molar-refractivity contribution in [2.24, 2.45) is 0 Å². The molecule has 0 aliphatic heterocycles. The molecule has 0 heterocycles. The van der Waals surface area contributed by atoms with Gasteiger partial charge in [-0.05, 0) is 109 Å². The highest BCUT2D eigenvalue weighted by Gasteiger charge is 2.17. The maximum Gasteiger partial charge on any atom is 0.309 e. The Morgan fingerprint density at radius 2 is 0.750 bits per heavy atom. The second-order valence-electron chi connectivity index (χ2n) is 16.3. The molecule has 0 spiro atoms. The summed E-state index contributed by atoms with van der Waals surface area (Å²) in [5, 5.41) is 0. The highest BCUT2D eigenvalue weighted by molar-refractivity contribution is 5.71. The molecule has 0 aromatic carbocycles. The lowest BCUT2D eigenvalue weighted by Crippen LogP contribution is -2.30. The SMILES string of the molecule is CC/C=C\C/C=C\C/C=C\C/C=C\C/C=C\CC(=O)OCC(COCCCCCCCCC/C=C\C/C=C\C/C=C\C/C=C\CC)OC(=O)CCCCCCC/C=C\C/C=C\CCC. The van der Waals surface area contributed by atoms with E-state index < -0.39 is 6.10 Å². The average Bonchev–Trinajstić information content (AvgIpc) is 3.30. The summed E-state index contributed by atoms with van der Waals surface area (Å²) in [6.07, 6.45) is 76.3. The molecule has 0 saturated carbocycles. The molecule has 0 amide bonds. The number of hydrogen-bond donors (Lipinski definition) is 0. The normalized spacial score (nSPS) is 13.4. The van der Waals surface area contributed by atoms with E-state index >= 15 is 0 Å². The maximum absolute atomic E-state index is 12.8. The number of esters is 2. The van der Waals surface area contributed by atoms with Gasteiger partial charge in [-0.2, -0.15) is 0 Å². The molecular formula is C59H94O5. The van der Waals surface area contributed by atoms with Crippen LogP contribution in [0.4, 0.5) is 0 Å². The van der Waals surface area contributed by atoms with Gasteiger partial charge >= 0.3 is 11.9 Å². The Labute approximate surface area is 394 Å². The van der Waals surface area contributed by atoms with E-state index in [4.69, 9.17) is 14.2 Å². The van der Waals surface area contributed by atoms with Gasteiger partial charge in [0.2, 0.25) is 0 Å². The molecule has 0 aliphatic rings. The van der Waals surface area contributed by atoms with Crippen molar-refractivity contribution >= 4 is 11.9 Å². The summed E-state index contributed by atoms with van der Waals surface area (Å²) >= 11 is 0. The van der Waals surface area contributed by atoms with Crippen LogP contribution in [0.5, 0.6) is 0 Å². The third-order valence-corrected chi connectivity index (χ3v) is 10.2. The average molecular weight is 883 g/mol. The molecule has 360 valence electrons. The van der Waals surface area contributed by atoms with Crippen molar-refractivity contribution < 1.29 is 23.8 Å². The Balaban J connectivity index is 4.43. The minimum atomic E-state index is -0.599. The van der Waals surface area contributed by atoms with Gasteiger partial charge in [-0.25, -0.2) is 0 Å². The summed E-state index contributed by atoms with van der Waals surface area (Å²) in [6.45, 7) is 7.37. The van der Waals surface area contributed by atoms with Gasteiger partial charge in [0.25, 0.3) is 0 Å². The van der Waals surface area contributed by atoms with E-state index in [1.807, 2.05) is 12.2 Å². The fourth-order valence-corrected chi connectivity index (χ4v) is 6.43. The van der Waals surface area contributed by atoms with E-state index in [0.717, 1.165) is 116 Å². The first-order valence-corrected chi connectivity index (χ1v) is 25.7. The quantitative estimate of drug-likeness (QED) is 0.0346. The fourth-order valence-electron chi connectivity index (χ4n) is 6.43. The lowest BCUT2D eigenvalue weighted by atomic mass is 10.1. The van der Waals surface area contributed by atoms with Gasteiger partial charge in [0.15, 0.2) is 6.10 Å². The number of ether oxygens (including phenoxy) is 3. The molecular weight excluding hydrogens is 789 g/mol. The molecule has 0 saturated heterocycles. The summed E-state index contributed by atoms with van der Waals surface area (Å²) in [5.41, 5.74) is 0. The van der Waals surface area contributed by atoms with E-state index in [2.05, 4.69) is 142 Å². The molecule has 0 N–H and O–H groups in total. The summed E-state index contributed by atoms with van der Waals surface area (Å²) in [5.74, 6) is -0.577. The molecule has 0 aromatic rings. The first-order valence-electron chi connectivity index (χ1n) is 25.7. The first kappa shape index (κ1) is 60.0. The van der Waals surface area contributed by atoms with Crippen molar-refractivity contribution in [3.63, 3.8) is 0 Å². The Kier molecular flexibility index (Phi) is 50.1. The third-order valence-electron chi connectivity index (χ3n) is 10.2. The zero-order chi connectivity index (χ0) is 46.3. The van der Waals surface area contributed by atoms with E-state index in [1.165, 1.54) is 51.4 Å². The second kappa shape index (κ2) is 53.4. The summed E-state index contributed by atoms with van der Waals surface area (Å²) in [6, 6.07) is 0. The van der Waals surface area contributed by atoms with Gasteiger partial charge < -0.3 is 14.2 Å². The maximum atomic E-state index is 12.8. The number of carbonyl (C=O) groups is 2. The van der Waals surface area contributed by atoms with Crippen LogP contribution in [0.15, 0.2) is 134 Å². The van der Waals surface area contributed by atoms with E-state index in [1.54, 1.807) is 0 Å². The predicted octanol–water partition coefficient (Wildman–Crippen LogP) is 17.6. The van der Waals surface area contributed by atoms with Crippen LogP contribution in [0.3, 0.4) is 0 Å². The van der Waals surface area contributed by atoms with Crippen LogP contribution in [0.25, 0.3) is 0 Å². The van der Waals surface area contributed by atoms with Crippen LogP contribution in [-0.2, 0) is 23.8 Å². The molecule has 0 bridgehead atoms. The molecule has 5 nitrogen and oxygen atoms in total. The highest BCUT2D eigenvalue weighted by Crippen LogP contribution is 2.12. The van der Waals surface area contributed by atoms with E-state index in [9.17, 15) is 9.59 Å². The summed E-state index contributed by atoms with van der Waals surface area (Å²) in [7, 11) is 0. The molecule has 0 radical (unpaired) electrons. The van der Waals surface area contributed by atoms with Crippen LogP contribution < -0.4 is 0 Å². The monoisotopic (exact) mass is 883 g/mol. The van der Waals surface area contributed by atoms with Crippen LogP contribution in [-0.4, -0.2) is 37.9 Å². The number of rotatable bonds is 45. The van der Waals surface area contributed by atoms with Crippen molar-refractivity contribution in [2.45, 2.75) is 207 Å². The van der Waals surface area contributed by atoms with Crippen molar-refractivity contribution in [2.75, 3.05) is 19.8 Å². The number of carbonyl (C=O) groups excluding carboxylic acids is 2. The van der Waals surface area contributed by atoms with Crippen molar-refractivity contribution in [1.82, 2.24) is 0 Å². The number of allylic oxidation sites excluding steroid dienone is 21. The molecule has 0 aliphatic carbocycles. The van der Waals surface area contributed by atoms with Crippen LogP contribution in [0.1, 0.15) is 201 Å².